The minimum Gasteiger partial charge on any atom is -0.320 e. The first-order valence-corrected chi connectivity index (χ1v) is 17.5. The Morgan fingerprint density at radius 1 is 0.635 bits per heavy atom. The highest BCUT2D eigenvalue weighted by Gasteiger charge is 2.36. The van der Waals surface area contributed by atoms with Gasteiger partial charge in [0.2, 0.25) is 0 Å². The van der Waals surface area contributed by atoms with Gasteiger partial charge in [-0.15, -0.1) is 0 Å². The highest BCUT2D eigenvalue weighted by Crippen LogP contribution is 2.52. The molecule has 0 amide bonds. The molecule has 0 saturated carbocycles. The zero-order chi connectivity index (χ0) is 35.9. The van der Waals surface area contributed by atoms with E-state index in [1.165, 1.54) is 39.2 Å². The number of nitriles is 2. The summed E-state index contributed by atoms with van der Waals surface area (Å²) in [5, 5.41) is 21.2. The van der Waals surface area contributed by atoms with Crippen molar-refractivity contribution in [2.24, 2.45) is 5.73 Å². The van der Waals surface area contributed by atoms with E-state index >= 15 is 0 Å². The first kappa shape index (κ1) is 31.4. The van der Waals surface area contributed by atoms with Crippen LogP contribution in [0.15, 0.2) is 115 Å². The van der Waals surface area contributed by atoms with Gasteiger partial charge in [0.25, 0.3) is 0 Å². The van der Waals surface area contributed by atoms with Gasteiger partial charge in [0.1, 0.15) is 12.1 Å². The predicted molar refractivity (Wildman–Crippen MR) is 208 cm³/mol. The molecule has 2 aliphatic rings. The quantitative estimate of drug-likeness (QED) is 0.200. The Kier molecular flexibility index (Phi) is 6.92. The Morgan fingerprint density at radius 3 is 1.79 bits per heavy atom. The monoisotopic (exact) mass is 670 g/mol. The van der Waals surface area contributed by atoms with E-state index < -0.39 is 0 Å². The number of nitrogens with two attached hydrogens (primary N) is 1. The fraction of sp³-hybridized carbons (Fsp3) is 0.130. The number of anilines is 3. The van der Waals surface area contributed by atoms with Gasteiger partial charge >= 0.3 is 0 Å². The number of rotatable bonds is 4. The van der Waals surface area contributed by atoms with E-state index in [1.54, 1.807) is 0 Å². The van der Waals surface area contributed by atoms with Crippen molar-refractivity contribution in [3.8, 4) is 45.8 Å². The first-order valence-electron chi connectivity index (χ1n) is 17.5. The van der Waals surface area contributed by atoms with E-state index in [9.17, 15) is 10.5 Å². The minimum atomic E-state index is -0.377. The fourth-order valence-corrected chi connectivity index (χ4v) is 8.46. The van der Waals surface area contributed by atoms with Crippen LogP contribution in [0.3, 0.4) is 0 Å². The van der Waals surface area contributed by atoms with Crippen LogP contribution in [0.4, 0.5) is 17.1 Å². The maximum absolute atomic E-state index is 9.59. The van der Waals surface area contributed by atoms with Crippen LogP contribution in [-0.4, -0.2) is 9.97 Å². The molecule has 1 atom stereocenters. The molecular weight excluding hydrogens is 637 g/mol. The molecule has 0 saturated heterocycles. The molecule has 1 unspecified atom stereocenters. The summed E-state index contributed by atoms with van der Waals surface area (Å²) >= 11 is 0. The molecule has 0 fully saturated rings. The van der Waals surface area contributed by atoms with Gasteiger partial charge in [-0.2, -0.15) is 10.5 Å². The van der Waals surface area contributed by atoms with Crippen LogP contribution in [-0.2, 0) is 5.41 Å². The van der Waals surface area contributed by atoms with Crippen LogP contribution in [0.2, 0.25) is 0 Å². The van der Waals surface area contributed by atoms with Crippen molar-refractivity contribution in [2.75, 3.05) is 4.90 Å². The second kappa shape index (κ2) is 11.5. The summed E-state index contributed by atoms with van der Waals surface area (Å²) in [6.45, 7) is 8.97. The molecule has 2 N–H and O–H groups in total. The zero-order valence-electron chi connectivity index (χ0n) is 29.4. The number of nitrogens with zero attached hydrogens (tertiary/aromatic N) is 5. The average molecular weight is 671 g/mol. The van der Waals surface area contributed by atoms with E-state index in [-0.39, 0.29) is 22.8 Å². The van der Waals surface area contributed by atoms with Gasteiger partial charge < -0.3 is 10.6 Å². The molecule has 6 aromatic carbocycles. The maximum Gasteiger partial charge on any atom is 0.177 e. The van der Waals surface area contributed by atoms with Gasteiger partial charge in [-0.25, -0.2) is 9.97 Å². The summed E-state index contributed by atoms with van der Waals surface area (Å²) in [5.74, 6) is 0. The SMILES string of the molecule is Cc1cc(C(N)c2ccc3c4c(cccc24)-c2nc(C#N)c(C#N)nc2-3)ccc1-c1ccc(N2c3ccccc3C(C)(C)c3ccccc32)cc1C. The van der Waals surface area contributed by atoms with Gasteiger partial charge in [-0.05, 0) is 88.0 Å². The van der Waals surface area contributed by atoms with Crippen molar-refractivity contribution in [2.45, 2.75) is 39.2 Å². The zero-order valence-corrected chi connectivity index (χ0v) is 29.4. The van der Waals surface area contributed by atoms with Crippen LogP contribution < -0.4 is 10.6 Å². The van der Waals surface area contributed by atoms with Crippen molar-refractivity contribution >= 4 is 27.8 Å². The van der Waals surface area contributed by atoms with Crippen molar-refractivity contribution in [1.82, 2.24) is 9.97 Å². The topological polar surface area (TPSA) is 103 Å². The number of fused-ring (bicyclic) bond motifs is 5. The summed E-state index contributed by atoms with van der Waals surface area (Å²) in [7, 11) is 0. The standard InChI is InChI=1S/C46H34N6/c1-26-22-28(43(49)33-20-21-35-42-32(33)10-9-11-34(42)44-45(35)51-39(25-48)38(24-47)50-44)16-18-30(26)31-19-17-29(23-27(31)2)52-40-14-7-5-12-36(40)46(3,4)37-13-6-8-15-41(37)52/h5-23,43H,49H2,1-4H3. The van der Waals surface area contributed by atoms with Crippen molar-refractivity contribution < 1.29 is 0 Å². The molecule has 248 valence electrons. The number of para-hydroxylation sites is 2. The third-order valence-electron chi connectivity index (χ3n) is 11.0. The average Bonchev–Trinajstić information content (AvgIpc) is 3.48. The van der Waals surface area contributed by atoms with Crippen LogP contribution >= 0.6 is 0 Å². The minimum absolute atomic E-state index is 0.0367. The van der Waals surface area contributed by atoms with Gasteiger partial charge in [0.05, 0.1) is 28.8 Å². The number of hydrogen-bond donors (Lipinski definition) is 1. The summed E-state index contributed by atoms with van der Waals surface area (Å²) < 4.78 is 0. The molecule has 1 aromatic heterocycles. The van der Waals surface area contributed by atoms with Gasteiger partial charge in [0, 0.05) is 27.6 Å². The number of hydrogen-bond acceptors (Lipinski definition) is 6. The molecular formula is C46H34N6. The van der Waals surface area contributed by atoms with Crippen molar-refractivity contribution in [1.29, 1.82) is 10.5 Å². The summed E-state index contributed by atoms with van der Waals surface area (Å²) in [5.41, 5.74) is 23.0. The van der Waals surface area contributed by atoms with Crippen LogP contribution in [0.25, 0.3) is 44.4 Å². The highest BCUT2D eigenvalue weighted by atomic mass is 15.2. The number of aryl methyl sites for hydroxylation is 2. The Balaban J connectivity index is 1.07. The summed E-state index contributed by atoms with van der Waals surface area (Å²) in [4.78, 5) is 11.5. The predicted octanol–water partition coefficient (Wildman–Crippen LogP) is 10.5. The lowest BCUT2D eigenvalue weighted by molar-refractivity contribution is 0.632. The summed E-state index contributed by atoms with van der Waals surface area (Å²) in [6.07, 6.45) is 0. The number of benzene rings is 6. The maximum atomic E-state index is 9.59. The van der Waals surface area contributed by atoms with E-state index in [2.05, 4.69) is 140 Å². The molecule has 0 bridgehead atoms. The molecule has 1 aliphatic heterocycles. The van der Waals surface area contributed by atoms with E-state index in [0.29, 0.717) is 11.4 Å². The Bertz CT molecular complexity index is 2650. The molecule has 6 nitrogen and oxygen atoms in total. The van der Waals surface area contributed by atoms with Crippen LogP contribution in [0, 0.1) is 36.5 Å². The molecule has 7 aromatic rings. The van der Waals surface area contributed by atoms with Gasteiger partial charge in [-0.3, -0.25) is 0 Å². The smallest absolute Gasteiger partial charge is 0.177 e. The lowest BCUT2D eigenvalue weighted by Gasteiger charge is -2.42. The summed E-state index contributed by atoms with van der Waals surface area (Å²) in [6, 6.07) is 44.6. The van der Waals surface area contributed by atoms with Crippen LogP contribution in [0.5, 0.6) is 0 Å². The molecule has 0 spiro atoms. The first-order chi connectivity index (χ1) is 25.2. The third kappa shape index (κ3) is 4.45. The largest absolute Gasteiger partial charge is 0.320 e. The Labute approximate surface area is 303 Å². The normalized spacial score (nSPS) is 13.9. The Morgan fingerprint density at radius 2 is 1.19 bits per heavy atom. The lowest BCUT2D eigenvalue weighted by atomic mass is 9.73. The van der Waals surface area contributed by atoms with E-state index in [1.807, 2.05) is 30.3 Å². The second-order valence-corrected chi connectivity index (χ2v) is 14.3. The highest BCUT2D eigenvalue weighted by molar-refractivity contribution is 6.14. The second-order valence-electron chi connectivity index (χ2n) is 14.3. The lowest BCUT2D eigenvalue weighted by Crippen LogP contribution is -2.30. The molecule has 6 heteroatoms. The molecule has 52 heavy (non-hydrogen) atoms. The molecule has 0 radical (unpaired) electrons. The molecule has 9 rings (SSSR count). The van der Waals surface area contributed by atoms with E-state index in [0.717, 1.165) is 44.3 Å². The fourth-order valence-electron chi connectivity index (χ4n) is 8.46. The van der Waals surface area contributed by atoms with Gasteiger partial charge in [-0.1, -0.05) is 105 Å². The molecule has 2 heterocycles. The number of aromatic nitrogens is 2. The molecule has 1 aliphatic carbocycles. The van der Waals surface area contributed by atoms with Crippen LogP contribution in [0.1, 0.15) is 64.7 Å². The third-order valence-corrected chi connectivity index (χ3v) is 11.0. The van der Waals surface area contributed by atoms with E-state index in [4.69, 9.17) is 5.73 Å². The van der Waals surface area contributed by atoms with Crippen molar-refractivity contribution in [3.05, 3.63) is 160 Å². The van der Waals surface area contributed by atoms with Crippen molar-refractivity contribution in [3.63, 3.8) is 0 Å². The Hall–Kier alpha value is -6.60. The van der Waals surface area contributed by atoms with Gasteiger partial charge in [0.15, 0.2) is 11.4 Å².